The van der Waals surface area contributed by atoms with Gasteiger partial charge in [0.2, 0.25) is 16.8 Å². The van der Waals surface area contributed by atoms with E-state index >= 15 is 0 Å². The number of carbonyl (C=O) groups excluding carboxylic acids is 2. The average molecular weight is 397 g/mol. The fourth-order valence-corrected chi connectivity index (χ4v) is 5.82. The summed E-state index contributed by atoms with van der Waals surface area (Å²) >= 11 is 0. The van der Waals surface area contributed by atoms with Crippen molar-refractivity contribution >= 4 is 22.8 Å². The van der Waals surface area contributed by atoms with E-state index in [1.54, 1.807) is 0 Å². The van der Waals surface area contributed by atoms with E-state index in [2.05, 4.69) is 0 Å². The fraction of sp³-hybridized carbons (Fsp3) is 0.875. The van der Waals surface area contributed by atoms with Crippen LogP contribution in [0.25, 0.3) is 0 Å². The first-order chi connectivity index (χ1) is 12.0. The molecular weight excluding hydrogens is 375 g/mol. The van der Waals surface area contributed by atoms with Crippen molar-refractivity contribution < 1.29 is 35.9 Å². The summed E-state index contributed by atoms with van der Waals surface area (Å²) in [6.07, 6.45) is 0.258. The zero-order valence-electron chi connectivity index (χ0n) is 14.3. The highest BCUT2D eigenvalue weighted by atomic mass is 32.2. The van der Waals surface area contributed by atoms with Gasteiger partial charge in [-0.1, -0.05) is 0 Å². The molecule has 0 aromatic carbocycles. The molecule has 4 bridgehead atoms. The average Bonchev–Trinajstić information content (AvgIpc) is 2.49. The van der Waals surface area contributed by atoms with E-state index in [-0.39, 0.29) is 18.3 Å². The Kier molecular flexibility index (Phi) is 4.77. The Balaban J connectivity index is 1.77. The molecule has 4 saturated carbocycles. The lowest BCUT2D eigenvalue weighted by Crippen LogP contribution is -2.60. The van der Waals surface area contributed by atoms with Crippen LogP contribution in [0, 0.1) is 22.7 Å². The van der Waals surface area contributed by atoms with Crippen molar-refractivity contribution in [2.75, 3.05) is 6.61 Å². The van der Waals surface area contributed by atoms with Crippen LogP contribution < -0.4 is 4.72 Å². The van der Waals surface area contributed by atoms with Crippen LogP contribution in [0.5, 0.6) is 0 Å². The molecule has 0 aromatic heterocycles. The van der Waals surface area contributed by atoms with Gasteiger partial charge in [-0.15, -0.1) is 0 Å². The molecule has 0 saturated heterocycles. The van der Waals surface area contributed by atoms with Crippen molar-refractivity contribution in [2.24, 2.45) is 22.7 Å². The predicted octanol–water partition coefficient (Wildman–Crippen LogP) is 1.75. The summed E-state index contributed by atoms with van der Waals surface area (Å²) in [7, 11) is -3.10. The van der Waals surface area contributed by atoms with Gasteiger partial charge in [0.1, 0.15) is 6.61 Å². The molecule has 1 N–H and O–H groups in total. The molecule has 6 nitrogen and oxygen atoms in total. The molecule has 4 aliphatic carbocycles. The summed E-state index contributed by atoms with van der Waals surface area (Å²) in [6, 6.07) is 0. The fourth-order valence-electron chi connectivity index (χ4n) is 5.42. The van der Waals surface area contributed by atoms with E-state index < -0.39 is 52.3 Å². The van der Waals surface area contributed by atoms with Crippen LogP contribution in [-0.2, 0) is 25.2 Å². The van der Waals surface area contributed by atoms with Gasteiger partial charge in [0.25, 0.3) is 5.92 Å². The summed E-state index contributed by atoms with van der Waals surface area (Å²) in [5.41, 5.74) is -2.00. The standard InChI is InChI=1S/C16H22F3NO5S/c1-14(18,19)11(17)7-25-13(22)16-5-9-2-10(6-16)4-15(3-9,8-16)12(21)20-26(23)24/h9-11,26H,2-8H2,1H3,(H,20,21,23,24). The minimum atomic E-state index is -3.61. The molecule has 4 rings (SSSR count). The number of alkyl halides is 3. The van der Waals surface area contributed by atoms with Gasteiger partial charge in [-0.05, 0) is 50.4 Å². The summed E-state index contributed by atoms with van der Waals surface area (Å²) in [6.45, 7) is -0.620. The van der Waals surface area contributed by atoms with E-state index in [1.807, 2.05) is 4.72 Å². The summed E-state index contributed by atoms with van der Waals surface area (Å²) in [5, 5.41) is 0. The van der Waals surface area contributed by atoms with E-state index in [0.717, 1.165) is 6.42 Å². The van der Waals surface area contributed by atoms with Gasteiger partial charge in [0, 0.05) is 6.92 Å². The van der Waals surface area contributed by atoms with Crippen LogP contribution in [0.1, 0.15) is 45.4 Å². The zero-order chi connectivity index (χ0) is 19.3. The maximum atomic E-state index is 13.4. The largest absolute Gasteiger partial charge is 0.462 e. The summed E-state index contributed by atoms with van der Waals surface area (Å²) in [4.78, 5) is 25.1. The van der Waals surface area contributed by atoms with Gasteiger partial charge in [-0.3, -0.25) is 14.3 Å². The topological polar surface area (TPSA) is 89.5 Å². The molecule has 0 heterocycles. The van der Waals surface area contributed by atoms with E-state index in [1.165, 1.54) is 0 Å². The number of esters is 1. The smallest absolute Gasteiger partial charge is 0.312 e. The lowest BCUT2D eigenvalue weighted by molar-refractivity contribution is -0.187. The maximum Gasteiger partial charge on any atom is 0.312 e. The first-order valence-corrected chi connectivity index (χ1v) is 9.78. The van der Waals surface area contributed by atoms with Crippen LogP contribution in [0.4, 0.5) is 13.2 Å². The third kappa shape index (κ3) is 3.44. The van der Waals surface area contributed by atoms with E-state index in [4.69, 9.17) is 4.74 Å². The number of thiol groups is 1. The lowest BCUT2D eigenvalue weighted by atomic mass is 9.44. The Bertz CT molecular complexity index is 668. The predicted molar refractivity (Wildman–Crippen MR) is 84.5 cm³/mol. The van der Waals surface area contributed by atoms with Gasteiger partial charge in [-0.2, -0.15) is 0 Å². The SMILES string of the molecule is CC(F)(F)C(F)COC(=O)C12CC3CC(CC(C(=O)N[SH](=O)=O)(C3)C1)C2. The van der Waals surface area contributed by atoms with Crippen molar-refractivity contribution in [3.05, 3.63) is 0 Å². The first kappa shape index (κ1) is 19.4. The van der Waals surface area contributed by atoms with E-state index in [9.17, 15) is 31.2 Å². The second kappa shape index (κ2) is 6.38. The third-order valence-electron chi connectivity index (χ3n) is 6.08. The van der Waals surface area contributed by atoms with Gasteiger partial charge >= 0.3 is 5.97 Å². The molecule has 26 heavy (non-hydrogen) atoms. The van der Waals surface area contributed by atoms with Crippen LogP contribution >= 0.6 is 0 Å². The maximum absolute atomic E-state index is 13.4. The Labute approximate surface area is 150 Å². The molecule has 0 radical (unpaired) electrons. The van der Waals surface area contributed by atoms with Gasteiger partial charge in [0.05, 0.1) is 10.8 Å². The monoisotopic (exact) mass is 397 g/mol. The molecule has 3 unspecified atom stereocenters. The number of nitrogens with one attached hydrogen (secondary N) is 1. The van der Waals surface area contributed by atoms with Crippen molar-refractivity contribution in [3.63, 3.8) is 0 Å². The molecular formula is C16H22F3NO5S. The van der Waals surface area contributed by atoms with E-state index in [0.29, 0.717) is 32.6 Å². The Hall–Kier alpha value is -1.32. The lowest BCUT2D eigenvalue weighted by Gasteiger charge is -2.59. The van der Waals surface area contributed by atoms with Gasteiger partial charge < -0.3 is 4.74 Å². The first-order valence-electron chi connectivity index (χ1n) is 8.60. The minimum Gasteiger partial charge on any atom is -0.462 e. The zero-order valence-corrected chi connectivity index (χ0v) is 15.2. The Morgan fingerprint density at radius 2 is 1.73 bits per heavy atom. The highest BCUT2D eigenvalue weighted by Gasteiger charge is 2.64. The summed E-state index contributed by atoms with van der Waals surface area (Å²) in [5.74, 6) is -4.87. The molecule has 4 aliphatic rings. The normalized spacial score (nSPS) is 36.8. The van der Waals surface area contributed by atoms with Crippen LogP contribution in [-0.4, -0.2) is 39.0 Å². The molecule has 10 heteroatoms. The Morgan fingerprint density at radius 1 is 1.19 bits per heavy atom. The molecule has 0 aliphatic heterocycles. The van der Waals surface area contributed by atoms with Gasteiger partial charge in [0.15, 0.2) is 6.17 Å². The highest BCUT2D eigenvalue weighted by Crippen LogP contribution is 2.65. The molecule has 148 valence electrons. The highest BCUT2D eigenvalue weighted by molar-refractivity contribution is 7.71. The van der Waals surface area contributed by atoms with Crippen LogP contribution in [0.2, 0.25) is 0 Å². The summed E-state index contributed by atoms with van der Waals surface area (Å²) < 4.78 is 67.9. The quantitative estimate of drug-likeness (QED) is 0.527. The van der Waals surface area contributed by atoms with Crippen molar-refractivity contribution in [3.8, 4) is 0 Å². The minimum absolute atomic E-state index is 0.0628. The number of ether oxygens (including phenoxy) is 1. The molecule has 0 aromatic rings. The second-order valence-electron chi connectivity index (χ2n) is 8.24. The number of hydrogen-bond acceptors (Lipinski definition) is 5. The number of hydrogen-bond donors (Lipinski definition) is 2. The van der Waals surface area contributed by atoms with Crippen LogP contribution in [0.15, 0.2) is 0 Å². The van der Waals surface area contributed by atoms with Crippen molar-refractivity contribution in [1.29, 1.82) is 0 Å². The number of rotatable bonds is 6. The number of halogens is 3. The van der Waals surface area contributed by atoms with Crippen molar-refractivity contribution in [1.82, 2.24) is 4.72 Å². The van der Waals surface area contributed by atoms with Gasteiger partial charge in [-0.25, -0.2) is 21.6 Å². The second-order valence-corrected chi connectivity index (χ2v) is 8.98. The molecule has 4 fully saturated rings. The van der Waals surface area contributed by atoms with Crippen LogP contribution in [0.3, 0.4) is 0 Å². The number of carbonyl (C=O) groups is 2. The Morgan fingerprint density at radius 3 is 2.23 bits per heavy atom. The molecule has 1 amide bonds. The van der Waals surface area contributed by atoms with Crippen molar-refractivity contribution in [2.45, 2.75) is 57.5 Å². The third-order valence-corrected chi connectivity index (χ3v) is 6.47. The number of amides is 1. The molecule has 3 atom stereocenters. The molecule has 0 spiro atoms.